The van der Waals surface area contributed by atoms with E-state index in [-0.39, 0.29) is 11.5 Å². The van der Waals surface area contributed by atoms with Crippen molar-refractivity contribution >= 4 is 27.3 Å². The van der Waals surface area contributed by atoms with Gasteiger partial charge in [0, 0.05) is 11.1 Å². The molecule has 0 radical (unpaired) electrons. The van der Waals surface area contributed by atoms with Crippen LogP contribution in [0.2, 0.25) is 0 Å². The van der Waals surface area contributed by atoms with Gasteiger partial charge in [0.05, 0.1) is 5.56 Å². The molecule has 0 aliphatic rings. The van der Waals surface area contributed by atoms with Crippen LogP contribution in [0.5, 0.6) is 5.75 Å². The van der Waals surface area contributed by atoms with Gasteiger partial charge in [0.2, 0.25) is 0 Å². The van der Waals surface area contributed by atoms with Gasteiger partial charge in [0.1, 0.15) is 5.75 Å². The molecule has 0 aliphatic heterocycles. The van der Waals surface area contributed by atoms with Crippen LogP contribution >= 0.6 is 0 Å². The summed E-state index contributed by atoms with van der Waals surface area (Å²) in [5.74, 6) is -0.207. The third kappa shape index (κ3) is 4.46. The van der Waals surface area contributed by atoms with E-state index in [4.69, 9.17) is 0 Å². The summed E-state index contributed by atoms with van der Waals surface area (Å²) in [6.45, 7) is 0. The summed E-state index contributed by atoms with van der Waals surface area (Å²) in [5, 5.41) is 15.7. The van der Waals surface area contributed by atoms with Crippen molar-refractivity contribution in [3.05, 3.63) is 163 Å². The molecule has 7 aromatic carbocycles. The molecular formula is C39H26O2. The number of phenolic OH excluding ortho intramolecular Hbond substituents is 1. The van der Waals surface area contributed by atoms with E-state index < -0.39 is 0 Å². The number of hydrogen-bond acceptors (Lipinski definition) is 2. The minimum absolute atomic E-state index is 0.00144. The minimum atomic E-state index is -0.206. The van der Waals surface area contributed by atoms with E-state index in [9.17, 15) is 9.90 Å². The predicted octanol–water partition coefficient (Wildman–Crippen LogP) is 9.93. The van der Waals surface area contributed by atoms with Gasteiger partial charge >= 0.3 is 0 Å². The molecular weight excluding hydrogens is 500 g/mol. The van der Waals surface area contributed by atoms with Crippen molar-refractivity contribution < 1.29 is 9.90 Å². The van der Waals surface area contributed by atoms with Crippen LogP contribution < -0.4 is 0 Å². The highest BCUT2D eigenvalue weighted by atomic mass is 16.3. The SMILES string of the molecule is O=C(c1ccccc1)c1cc2cc(-c3ccccc3)ccc2c(-c2cccc3cc(-c4ccccc4)ccc23)c1O. The number of ketones is 1. The van der Waals surface area contributed by atoms with Crippen LogP contribution in [0, 0.1) is 0 Å². The number of carbonyl (C=O) groups is 1. The lowest BCUT2D eigenvalue weighted by Crippen LogP contribution is -2.03. The van der Waals surface area contributed by atoms with Crippen LogP contribution in [0.4, 0.5) is 0 Å². The number of phenols is 1. The molecule has 0 aliphatic carbocycles. The Bertz CT molecular complexity index is 2040. The van der Waals surface area contributed by atoms with Crippen LogP contribution in [0.1, 0.15) is 15.9 Å². The zero-order valence-corrected chi connectivity index (χ0v) is 22.3. The van der Waals surface area contributed by atoms with E-state index in [2.05, 4.69) is 66.7 Å². The Hall–Kier alpha value is -5.47. The van der Waals surface area contributed by atoms with Crippen molar-refractivity contribution in [2.45, 2.75) is 0 Å². The number of fused-ring (bicyclic) bond motifs is 2. The van der Waals surface area contributed by atoms with E-state index >= 15 is 0 Å². The standard InChI is InChI=1S/C39H26O2/c40-38(28-15-8-3-9-16-28)36-25-32-24-30(27-13-6-2-7-14-27)20-22-34(32)37(39(36)41)35-18-10-17-31-23-29(19-21-33(31)35)26-11-4-1-5-12-26/h1-25,41H. The van der Waals surface area contributed by atoms with Gasteiger partial charge in [-0.1, -0.05) is 133 Å². The molecule has 0 spiro atoms. The van der Waals surface area contributed by atoms with Gasteiger partial charge in [0.15, 0.2) is 5.78 Å². The second-order valence-electron chi connectivity index (χ2n) is 10.3. The first-order valence-corrected chi connectivity index (χ1v) is 13.7. The molecule has 0 fully saturated rings. The van der Waals surface area contributed by atoms with Gasteiger partial charge < -0.3 is 5.11 Å². The lowest BCUT2D eigenvalue weighted by atomic mass is 9.87. The first-order valence-electron chi connectivity index (χ1n) is 13.7. The number of rotatable bonds is 5. The van der Waals surface area contributed by atoms with Crippen molar-refractivity contribution in [3.63, 3.8) is 0 Å². The molecule has 194 valence electrons. The van der Waals surface area contributed by atoms with E-state index in [1.807, 2.05) is 72.8 Å². The van der Waals surface area contributed by atoms with Gasteiger partial charge in [-0.3, -0.25) is 4.79 Å². The Kier molecular flexibility index (Phi) is 6.14. The molecule has 1 N–H and O–H groups in total. The zero-order valence-electron chi connectivity index (χ0n) is 22.3. The number of aromatic hydroxyl groups is 1. The van der Waals surface area contributed by atoms with E-state index in [1.165, 1.54) is 0 Å². The largest absolute Gasteiger partial charge is 0.507 e. The van der Waals surface area contributed by atoms with Crippen molar-refractivity contribution in [3.8, 4) is 39.1 Å². The van der Waals surface area contributed by atoms with Gasteiger partial charge in [-0.25, -0.2) is 0 Å². The lowest BCUT2D eigenvalue weighted by Gasteiger charge is -2.17. The average Bonchev–Trinajstić information content (AvgIpc) is 3.05. The van der Waals surface area contributed by atoms with Crippen molar-refractivity contribution in [2.24, 2.45) is 0 Å². The van der Waals surface area contributed by atoms with Crippen LogP contribution in [0.3, 0.4) is 0 Å². The molecule has 0 amide bonds. The predicted molar refractivity (Wildman–Crippen MR) is 169 cm³/mol. The Morgan fingerprint density at radius 1 is 0.463 bits per heavy atom. The normalized spacial score (nSPS) is 11.1. The van der Waals surface area contributed by atoms with Gasteiger partial charge in [-0.05, 0) is 67.6 Å². The smallest absolute Gasteiger partial charge is 0.196 e. The monoisotopic (exact) mass is 526 g/mol. The van der Waals surface area contributed by atoms with Gasteiger partial charge in [-0.15, -0.1) is 0 Å². The summed E-state index contributed by atoms with van der Waals surface area (Å²) >= 11 is 0. The summed E-state index contributed by atoms with van der Waals surface area (Å²) in [6.07, 6.45) is 0. The third-order valence-corrected chi connectivity index (χ3v) is 7.76. The first kappa shape index (κ1) is 24.6. The van der Waals surface area contributed by atoms with Crippen molar-refractivity contribution in [2.75, 3.05) is 0 Å². The summed E-state index contributed by atoms with van der Waals surface area (Å²) in [5.41, 5.74) is 6.82. The third-order valence-electron chi connectivity index (χ3n) is 7.76. The van der Waals surface area contributed by atoms with Crippen LogP contribution in [-0.4, -0.2) is 10.9 Å². The van der Waals surface area contributed by atoms with Crippen molar-refractivity contribution in [1.29, 1.82) is 0 Å². The fourth-order valence-electron chi connectivity index (χ4n) is 5.71. The van der Waals surface area contributed by atoms with E-state index in [0.717, 1.165) is 49.4 Å². The summed E-state index contributed by atoms with van der Waals surface area (Å²) in [7, 11) is 0. The highest BCUT2D eigenvalue weighted by Crippen LogP contribution is 2.44. The summed E-state index contributed by atoms with van der Waals surface area (Å²) in [6, 6.07) is 50.3. The van der Waals surface area contributed by atoms with E-state index in [1.54, 1.807) is 12.1 Å². The quantitative estimate of drug-likeness (QED) is 0.227. The molecule has 0 unspecified atom stereocenters. The lowest BCUT2D eigenvalue weighted by molar-refractivity contribution is 0.103. The highest BCUT2D eigenvalue weighted by Gasteiger charge is 2.22. The molecule has 2 heteroatoms. The van der Waals surface area contributed by atoms with Crippen molar-refractivity contribution in [1.82, 2.24) is 0 Å². The fraction of sp³-hybridized carbons (Fsp3) is 0. The summed E-state index contributed by atoms with van der Waals surface area (Å²) < 4.78 is 0. The van der Waals surface area contributed by atoms with Gasteiger partial charge in [-0.2, -0.15) is 0 Å². The van der Waals surface area contributed by atoms with Crippen LogP contribution in [0.15, 0.2) is 152 Å². The Balaban J connectivity index is 1.48. The number of hydrogen-bond donors (Lipinski definition) is 1. The average molecular weight is 527 g/mol. The zero-order chi connectivity index (χ0) is 27.8. The molecule has 0 atom stereocenters. The molecule has 2 nitrogen and oxygen atoms in total. The molecule has 0 heterocycles. The highest BCUT2D eigenvalue weighted by molar-refractivity contribution is 6.18. The molecule has 0 bridgehead atoms. The maximum atomic E-state index is 13.8. The molecule has 0 saturated carbocycles. The second kappa shape index (κ2) is 10.3. The Morgan fingerprint density at radius 2 is 1.02 bits per heavy atom. The molecule has 0 saturated heterocycles. The molecule has 41 heavy (non-hydrogen) atoms. The fourth-order valence-corrected chi connectivity index (χ4v) is 5.71. The van der Waals surface area contributed by atoms with Crippen LogP contribution in [0.25, 0.3) is 54.9 Å². The maximum absolute atomic E-state index is 13.8. The Morgan fingerprint density at radius 3 is 1.66 bits per heavy atom. The van der Waals surface area contributed by atoms with Crippen LogP contribution in [-0.2, 0) is 0 Å². The topological polar surface area (TPSA) is 37.3 Å². The molecule has 7 aromatic rings. The van der Waals surface area contributed by atoms with E-state index in [0.29, 0.717) is 16.7 Å². The molecule has 0 aromatic heterocycles. The number of carbonyl (C=O) groups excluding carboxylic acids is 1. The Labute approximate surface area is 238 Å². The summed E-state index contributed by atoms with van der Waals surface area (Å²) in [4.78, 5) is 13.8. The first-order chi connectivity index (χ1) is 20.2. The second-order valence-corrected chi connectivity index (χ2v) is 10.3. The minimum Gasteiger partial charge on any atom is -0.507 e. The maximum Gasteiger partial charge on any atom is 0.196 e. The number of benzene rings is 7. The molecule has 7 rings (SSSR count). The van der Waals surface area contributed by atoms with Gasteiger partial charge in [0.25, 0.3) is 0 Å².